The molecule has 0 radical (unpaired) electrons. The maximum atomic E-state index is 14.3. The number of carbonyl (C=O) groups is 3. The average molecular weight is 477 g/mol. The first-order valence-corrected chi connectivity index (χ1v) is 11.3. The molecule has 1 atom stereocenters. The van der Waals surface area contributed by atoms with Gasteiger partial charge in [0.1, 0.15) is 18.5 Å². The number of para-hydroxylation sites is 1. The van der Waals surface area contributed by atoms with E-state index in [0.717, 1.165) is 27.2 Å². The topological polar surface area (TPSA) is 95.9 Å². The molecular weight excluding hydrogens is 451 g/mol. The van der Waals surface area contributed by atoms with Gasteiger partial charge in [-0.3, -0.25) is 9.59 Å². The Bertz CT molecular complexity index is 1220. The molecule has 7 nitrogen and oxygen atoms in total. The predicted octanol–water partition coefficient (Wildman–Crippen LogP) is 4.56. The molecule has 0 heterocycles. The summed E-state index contributed by atoms with van der Waals surface area (Å²) in [5.74, 6) is -2.84. The molecule has 180 valence electrons. The number of carboxylic acids is 1. The van der Waals surface area contributed by atoms with Crippen LogP contribution >= 0.6 is 0 Å². The standard InChI is InChI=1S/C27H25FN2O5/c1-2-30(24-14-8-7-13-22(24)28)26(33)23(15-25(31)32)29-27(34)35-16-21-19-11-5-3-9-17(19)18-10-4-6-12-20(18)21/h3-14,21,23H,2,15-16H2,1H3,(H,29,34)(H,31,32). The molecule has 4 rings (SSSR count). The van der Waals surface area contributed by atoms with Crippen LogP contribution in [0.15, 0.2) is 72.8 Å². The number of hydrogen-bond acceptors (Lipinski definition) is 4. The van der Waals surface area contributed by atoms with E-state index in [1.54, 1.807) is 13.0 Å². The highest BCUT2D eigenvalue weighted by Gasteiger charge is 2.32. The van der Waals surface area contributed by atoms with Crippen LogP contribution in [0.2, 0.25) is 0 Å². The largest absolute Gasteiger partial charge is 0.481 e. The van der Waals surface area contributed by atoms with Crippen LogP contribution in [0.4, 0.5) is 14.9 Å². The normalized spacial score (nSPS) is 12.9. The Morgan fingerprint density at radius 2 is 1.54 bits per heavy atom. The van der Waals surface area contributed by atoms with Crippen molar-refractivity contribution in [1.29, 1.82) is 0 Å². The molecule has 2 N–H and O–H groups in total. The van der Waals surface area contributed by atoms with Crippen molar-refractivity contribution in [2.75, 3.05) is 18.1 Å². The van der Waals surface area contributed by atoms with Gasteiger partial charge in [-0.25, -0.2) is 9.18 Å². The molecule has 0 saturated carbocycles. The highest BCUT2D eigenvalue weighted by Crippen LogP contribution is 2.44. The fourth-order valence-corrected chi connectivity index (χ4v) is 4.46. The zero-order valence-electron chi connectivity index (χ0n) is 19.1. The molecule has 0 aromatic heterocycles. The molecule has 2 amide bonds. The number of alkyl carbamates (subject to hydrolysis) is 1. The lowest BCUT2D eigenvalue weighted by molar-refractivity contribution is -0.139. The monoisotopic (exact) mass is 476 g/mol. The number of benzene rings is 3. The first-order chi connectivity index (χ1) is 16.9. The van der Waals surface area contributed by atoms with Crippen molar-refractivity contribution >= 4 is 23.7 Å². The SMILES string of the molecule is CCN(C(=O)C(CC(=O)O)NC(=O)OCC1c2ccccc2-c2ccccc21)c1ccccc1F. The summed E-state index contributed by atoms with van der Waals surface area (Å²) in [4.78, 5) is 38.3. The number of aliphatic carboxylic acids is 1. The number of fused-ring (bicyclic) bond motifs is 3. The summed E-state index contributed by atoms with van der Waals surface area (Å²) in [7, 11) is 0. The van der Waals surface area contributed by atoms with Crippen molar-refractivity contribution in [2.45, 2.75) is 25.3 Å². The zero-order valence-corrected chi connectivity index (χ0v) is 19.1. The molecule has 3 aromatic rings. The van der Waals surface area contributed by atoms with Gasteiger partial charge in [-0.1, -0.05) is 60.7 Å². The fourth-order valence-electron chi connectivity index (χ4n) is 4.46. The van der Waals surface area contributed by atoms with E-state index in [2.05, 4.69) is 5.32 Å². The number of likely N-dealkylation sites (N-methyl/N-ethyl adjacent to an activating group) is 1. The summed E-state index contributed by atoms with van der Waals surface area (Å²) in [5.41, 5.74) is 4.19. The number of hydrogen-bond donors (Lipinski definition) is 2. The number of ether oxygens (including phenoxy) is 1. The molecule has 8 heteroatoms. The van der Waals surface area contributed by atoms with Gasteiger partial charge in [0.25, 0.3) is 0 Å². The Hall–Kier alpha value is -4.20. The second kappa shape index (κ2) is 10.4. The van der Waals surface area contributed by atoms with E-state index in [4.69, 9.17) is 4.74 Å². The Balaban J connectivity index is 1.48. The van der Waals surface area contributed by atoms with Crippen LogP contribution in [0, 0.1) is 5.82 Å². The lowest BCUT2D eigenvalue weighted by Crippen LogP contribution is -2.50. The fraction of sp³-hybridized carbons (Fsp3) is 0.222. The molecule has 1 aliphatic carbocycles. The first kappa shape index (κ1) is 23.9. The van der Waals surface area contributed by atoms with E-state index in [0.29, 0.717) is 0 Å². The number of nitrogens with one attached hydrogen (secondary N) is 1. The molecule has 1 unspecified atom stereocenters. The second-order valence-corrected chi connectivity index (χ2v) is 8.15. The van der Waals surface area contributed by atoms with Gasteiger partial charge in [-0.2, -0.15) is 0 Å². The van der Waals surface area contributed by atoms with E-state index in [-0.39, 0.29) is 24.8 Å². The first-order valence-electron chi connectivity index (χ1n) is 11.3. The van der Waals surface area contributed by atoms with Crippen LogP contribution in [0.5, 0.6) is 0 Å². The number of carboxylic acid groups (broad SMARTS) is 1. The Morgan fingerprint density at radius 1 is 0.971 bits per heavy atom. The van der Waals surface area contributed by atoms with Gasteiger partial charge < -0.3 is 20.1 Å². The van der Waals surface area contributed by atoms with Crippen molar-refractivity contribution in [3.63, 3.8) is 0 Å². The number of rotatable bonds is 8. The third-order valence-corrected chi connectivity index (χ3v) is 6.04. The minimum Gasteiger partial charge on any atom is -0.481 e. The maximum Gasteiger partial charge on any atom is 0.407 e. The van der Waals surface area contributed by atoms with Crippen molar-refractivity contribution in [3.8, 4) is 11.1 Å². The summed E-state index contributed by atoms with van der Waals surface area (Å²) in [6, 6.07) is 20.0. The van der Waals surface area contributed by atoms with E-state index >= 15 is 0 Å². The van der Waals surface area contributed by atoms with Gasteiger partial charge in [-0.05, 0) is 41.3 Å². The highest BCUT2D eigenvalue weighted by molar-refractivity contribution is 6.00. The van der Waals surface area contributed by atoms with Crippen LogP contribution in [0.3, 0.4) is 0 Å². The summed E-state index contributed by atoms with van der Waals surface area (Å²) in [6.45, 7) is 1.73. The molecule has 0 saturated heterocycles. The maximum absolute atomic E-state index is 14.3. The third kappa shape index (κ3) is 5.01. The number of anilines is 1. The number of amides is 2. The van der Waals surface area contributed by atoms with Crippen molar-refractivity contribution in [2.24, 2.45) is 0 Å². The van der Waals surface area contributed by atoms with Crippen LogP contribution in [0.25, 0.3) is 11.1 Å². The molecule has 0 spiro atoms. The Labute approximate surface area is 202 Å². The van der Waals surface area contributed by atoms with Gasteiger partial charge in [-0.15, -0.1) is 0 Å². The van der Waals surface area contributed by atoms with E-state index in [1.807, 2.05) is 48.5 Å². The zero-order chi connectivity index (χ0) is 24.9. The second-order valence-electron chi connectivity index (χ2n) is 8.15. The van der Waals surface area contributed by atoms with E-state index in [9.17, 15) is 23.9 Å². The van der Waals surface area contributed by atoms with Gasteiger partial charge >= 0.3 is 12.1 Å². The number of halogens is 1. The average Bonchev–Trinajstić information content (AvgIpc) is 3.17. The van der Waals surface area contributed by atoms with Crippen molar-refractivity contribution < 1.29 is 28.6 Å². The minimum absolute atomic E-state index is 0.00438. The smallest absolute Gasteiger partial charge is 0.407 e. The van der Waals surface area contributed by atoms with Crippen LogP contribution in [0.1, 0.15) is 30.4 Å². The van der Waals surface area contributed by atoms with Gasteiger partial charge in [0, 0.05) is 12.5 Å². The third-order valence-electron chi connectivity index (χ3n) is 6.04. The van der Waals surface area contributed by atoms with Crippen molar-refractivity contribution in [3.05, 3.63) is 89.7 Å². The summed E-state index contributed by atoms with van der Waals surface area (Å²) in [6.07, 6.45) is -1.59. The van der Waals surface area contributed by atoms with Crippen LogP contribution in [-0.4, -0.2) is 42.3 Å². The van der Waals surface area contributed by atoms with E-state index in [1.165, 1.54) is 18.2 Å². The van der Waals surface area contributed by atoms with Gasteiger partial charge in [0.15, 0.2) is 0 Å². The summed E-state index contributed by atoms with van der Waals surface area (Å²) >= 11 is 0. The summed E-state index contributed by atoms with van der Waals surface area (Å²) in [5, 5.41) is 11.7. The molecule has 1 aliphatic rings. The quantitative estimate of drug-likeness (QED) is 0.497. The molecule has 3 aromatic carbocycles. The lowest BCUT2D eigenvalue weighted by atomic mass is 9.98. The molecular formula is C27H25FN2O5. The predicted molar refractivity (Wildman–Crippen MR) is 129 cm³/mol. The lowest BCUT2D eigenvalue weighted by Gasteiger charge is -2.26. The van der Waals surface area contributed by atoms with E-state index < -0.39 is 36.2 Å². The van der Waals surface area contributed by atoms with Crippen molar-refractivity contribution in [1.82, 2.24) is 5.32 Å². The minimum atomic E-state index is -1.43. The van der Waals surface area contributed by atoms with Crippen LogP contribution in [-0.2, 0) is 14.3 Å². The molecule has 0 fully saturated rings. The molecule has 0 bridgehead atoms. The number of nitrogens with zero attached hydrogens (tertiary/aromatic N) is 1. The van der Waals surface area contributed by atoms with Gasteiger partial charge in [0.05, 0.1) is 12.1 Å². The number of carbonyl (C=O) groups excluding carboxylic acids is 2. The highest BCUT2D eigenvalue weighted by atomic mass is 19.1. The van der Waals surface area contributed by atoms with Gasteiger partial charge in [0.2, 0.25) is 5.91 Å². The summed E-state index contributed by atoms with van der Waals surface area (Å²) < 4.78 is 19.7. The molecule has 0 aliphatic heterocycles. The Kier molecular flexibility index (Phi) is 7.10. The molecule has 35 heavy (non-hydrogen) atoms. The Morgan fingerprint density at radius 3 is 2.11 bits per heavy atom. The van der Waals surface area contributed by atoms with Crippen LogP contribution < -0.4 is 10.2 Å².